The summed E-state index contributed by atoms with van der Waals surface area (Å²) in [4.78, 5) is 11.9. The number of hydrogen-bond donors (Lipinski definition) is 1. The molecule has 0 saturated carbocycles. The van der Waals surface area contributed by atoms with Gasteiger partial charge in [0.25, 0.3) is 5.91 Å². The Labute approximate surface area is 132 Å². The molecule has 0 bridgehead atoms. The second-order valence-corrected chi connectivity index (χ2v) is 5.49. The number of hydrogen-bond acceptors (Lipinski definition) is 2. The highest BCUT2D eigenvalue weighted by Gasteiger charge is 2.04. The van der Waals surface area contributed by atoms with Crippen LogP contribution < -0.4 is 10.1 Å². The zero-order valence-corrected chi connectivity index (χ0v) is 13.5. The smallest absolute Gasteiger partial charge is 0.258 e. The van der Waals surface area contributed by atoms with Crippen molar-refractivity contribution in [3.63, 3.8) is 0 Å². The molecule has 1 N–H and O–H groups in total. The lowest BCUT2D eigenvalue weighted by Gasteiger charge is -2.10. The van der Waals surface area contributed by atoms with Crippen molar-refractivity contribution < 1.29 is 9.53 Å². The molecule has 3 heteroatoms. The number of aryl methyl sites for hydroxylation is 3. The van der Waals surface area contributed by atoms with Crippen molar-refractivity contribution in [3.8, 4) is 5.75 Å². The van der Waals surface area contributed by atoms with E-state index in [0.29, 0.717) is 6.54 Å². The van der Waals surface area contributed by atoms with Gasteiger partial charge in [-0.3, -0.25) is 4.79 Å². The number of rotatable bonds is 6. The van der Waals surface area contributed by atoms with Gasteiger partial charge in [-0.15, -0.1) is 0 Å². The van der Waals surface area contributed by atoms with E-state index in [0.717, 1.165) is 17.7 Å². The molecule has 3 nitrogen and oxygen atoms in total. The van der Waals surface area contributed by atoms with Crippen LogP contribution in [0.2, 0.25) is 0 Å². The van der Waals surface area contributed by atoms with Crippen LogP contribution in [0.4, 0.5) is 0 Å². The van der Waals surface area contributed by atoms with Gasteiger partial charge in [-0.05, 0) is 49.1 Å². The average molecular weight is 297 g/mol. The normalized spacial score (nSPS) is 10.3. The molecule has 0 spiro atoms. The second kappa shape index (κ2) is 7.64. The molecule has 0 atom stereocenters. The summed E-state index contributed by atoms with van der Waals surface area (Å²) in [7, 11) is 0. The Morgan fingerprint density at radius 3 is 2.45 bits per heavy atom. The molecule has 22 heavy (non-hydrogen) atoms. The highest BCUT2D eigenvalue weighted by atomic mass is 16.5. The maximum absolute atomic E-state index is 11.9. The van der Waals surface area contributed by atoms with E-state index in [1.54, 1.807) is 0 Å². The van der Waals surface area contributed by atoms with Gasteiger partial charge in [0.05, 0.1) is 0 Å². The highest BCUT2D eigenvalue weighted by molar-refractivity contribution is 5.77. The molecule has 2 rings (SSSR count). The number of carbonyl (C=O) groups excluding carboxylic acids is 1. The Kier molecular flexibility index (Phi) is 5.59. The van der Waals surface area contributed by atoms with Crippen LogP contribution in [0.3, 0.4) is 0 Å². The molecular formula is C19H23NO2. The van der Waals surface area contributed by atoms with E-state index in [1.807, 2.05) is 24.3 Å². The first-order valence-corrected chi connectivity index (χ1v) is 7.63. The maximum Gasteiger partial charge on any atom is 0.258 e. The van der Waals surface area contributed by atoms with Gasteiger partial charge in [0, 0.05) is 6.54 Å². The van der Waals surface area contributed by atoms with Crippen molar-refractivity contribution in [3.05, 3.63) is 64.7 Å². The fourth-order valence-corrected chi connectivity index (χ4v) is 2.26. The molecule has 2 aromatic rings. The fraction of sp³-hybridized carbons (Fsp3) is 0.316. The molecule has 0 heterocycles. The summed E-state index contributed by atoms with van der Waals surface area (Å²) >= 11 is 0. The van der Waals surface area contributed by atoms with E-state index < -0.39 is 0 Å². The van der Waals surface area contributed by atoms with Crippen molar-refractivity contribution in [1.82, 2.24) is 5.32 Å². The van der Waals surface area contributed by atoms with Crippen molar-refractivity contribution in [2.75, 3.05) is 6.61 Å². The summed E-state index contributed by atoms with van der Waals surface area (Å²) in [6, 6.07) is 14.1. The molecule has 0 unspecified atom stereocenters. The molecule has 0 aliphatic heterocycles. The first-order chi connectivity index (χ1) is 10.6. The van der Waals surface area contributed by atoms with Gasteiger partial charge < -0.3 is 10.1 Å². The third-order valence-corrected chi connectivity index (χ3v) is 3.68. The van der Waals surface area contributed by atoms with Gasteiger partial charge in [0.1, 0.15) is 5.75 Å². The van der Waals surface area contributed by atoms with Crippen LogP contribution >= 0.6 is 0 Å². The van der Waals surface area contributed by atoms with Crippen LogP contribution in [-0.2, 0) is 17.8 Å². The molecule has 2 aromatic carbocycles. The summed E-state index contributed by atoms with van der Waals surface area (Å²) in [5.41, 5.74) is 4.81. The summed E-state index contributed by atoms with van der Waals surface area (Å²) < 4.78 is 5.49. The second-order valence-electron chi connectivity index (χ2n) is 5.49. The predicted octanol–water partition coefficient (Wildman–Crippen LogP) is 3.56. The van der Waals surface area contributed by atoms with Gasteiger partial charge in [-0.1, -0.05) is 42.8 Å². The Balaban J connectivity index is 1.80. The molecule has 1 amide bonds. The first-order valence-electron chi connectivity index (χ1n) is 7.63. The van der Waals surface area contributed by atoms with Crippen molar-refractivity contribution >= 4 is 5.91 Å². The molecule has 0 aliphatic carbocycles. The van der Waals surface area contributed by atoms with Crippen LogP contribution in [0.1, 0.15) is 29.2 Å². The zero-order chi connectivity index (χ0) is 15.9. The Hall–Kier alpha value is -2.29. The number of carbonyl (C=O) groups is 1. The minimum atomic E-state index is -0.112. The monoisotopic (exact) mass is 297 g/mol. The van der Waals surface area contributed by atoms with E-state index >= 15 is 0 Å². The molecule has 116 valence electrons. The van der Waals surface area contributed by atoms with Crippen LogP contribution in [0.5, 0.6) is 5.75 Å². The number of nitrogens with one attached hydrogen (secondary N) is 1. The molecule has 0 aromatic heterocycles. The van der Waals surface area contributed by atoms with Crippen LogP contribution in [0.15, 0.2) is 42.5 Å². The maximum atomic E-state index is 11.9. The summed E-state index contributed by atoms with van der Waals surface area (Å²) in [5.74, 6) is 0.610. The predicted molar refractivity (Wildman–Crippen MR) is 89.1 cm³/mol. The summed E-state index contributed by atoms with van der Waals surface area (Å²) in [5, 5.41) is 2.89. The first kappa shape index (κ1) is 16.1. The van der Waals surface area contributed by atoms with E-state index in [1.165, 1.54) is 16.7 Å². The SMILES string of the molecule is CCc1ccc(OCC(=O)NCc2ccc(C)cc2C)cc1. The molecule has 0 aliphatic rings. The van der Waals surface area contributed by atoms with Crippen molar-refractivity contribution in [1.29, 1.82) is 0 Å². The number of amides is 1. The van der Waals surface area contributed by atoms with Gasteiger partial charge in [-0.2, -0.15) is 0 Å². The summed E-state index contributed by atoms with van der Waals surface area (Å²) in [6.45, 7) is 6.79. The fourth-order valence-electron chi connectivity index (χ4n) is 2.26. The van der Waals surface area contributed by atoms with E-state index in [9.17, 15) is 4.79 Å². The minimum absolute atomic E-state index is 0.0381. The van der Waals surface area contributed by atoms with E-state index in [4.69, 9.17) is 4.74 Å². The van der Waals surface area contributed by atoms with Crippen molar-refractivity contribution in [2.45, 2.75) is 33.7 Å². The Morgan fingerprint density at radius 1 is 1.09 bits per heavy atom. The van der Waals surface area contributed by atoms with Crippen LogP contribution in [-0.4, -0.2) is 12.5 Å². The number of benzene rings is 2. The van der Waals surface area contributed by atoms with E-state index in [-0.39, 0.29) is 12.5 Å². The average Bonchev–Trinajstić information content (AvgIpc) is 2.52. The molecule has 0 fully saturated rings. The lowest BCUT2D eigenvalue weighted by Crippen LogP contribution is -2.28. The van der Waals surface area contributed by atoms with E-state index in [2.05, 4.69) is 44.3 Å². The van der Waals surface area contributed by atoms with Crippen LogP contribution in [0.25, 0.3) is 0 Å². The topological polar surface area (TPSA) is 38.3 Å². The highest BCUT2D eigenvalue weighted by Crippen LogP contribution is 2.12. The number of ether oxygens (including phenoxy) is 1. The Morgan fingerprint density at radius 2 is 1.82 bits per heavy atom. The van der Waals surface area contributed by atoms with Gasteiger partial charge in [-0.25, -0.2) is 0 Å². The van der Waals surface area contributed by atoms with Crippen molar-refractivity contribution in [2.24, 2.45) is 0 Å². The third-order valence-electron chi connectivity index (χ3n) is 3.68. The largest absolute Gasteiger partial charge is 0.484 e. The van der Waals surface area contributed by atoms with Gasteiger partial charge >= 0.3 is 0 Å². The quantitative estimate of drug-likeness (QED) is 0.885. The summed E-state index contributed by atoms with van der Waals surface area (Å²) in [6.07, 6.45) is 0.997. The lowest BCUT2D eigenvalue weighted by atomic mass is 10.1. The third kappa shape index (κ3) is 4.62. The van der Waals surface area contributed by atoms with Gasteiger partial charge in [0.2, 0.25) is 0 Å². The Bertz CT molecular complexity index is 632. The molecular weight excluding hydrogens is 274 g/mol. The molecule has 0 saturated heterocycles. The minimum Gasteiger partial charge on any atom is -0.484 e. The molecule has 0 radical (unpaired) electrons. The lowest BCUT2D eigenvalue weighted by molar-refractivity contribution is -0.123. The van der Waals surface area contributed by atoms with Gasteiger partial charge in [0.15, 0.2) is 6.61 Å². The van der Waals surface area contributed by atoms with Crippen LogP contribution in [0, 0.1) is 13.8 Å². The zero-order valence-electron chi connectivity index (χ0n) is 13.5. The standard InChI is InChI=1S/C19H23NO2/c1-4-16-6-9-18(10-7-16)22-13-19(21)20-12-17-8-5-14(2)11-15(17)3/h5-11H,4,12-13H2,1-3H3,(H,20,21).